The molecule has 0 spiro atoms. The van der Waals surface area contributed by atoms with Crippen molar-refractivity contribution in [1.82, 2.24) is 10.6 Å². The van der Waals surface area contributed by atoms with E-state index in [1.165, 1.54) is 0 Å². The van der Waals surface area contributed by atoms with E-state index < -0.39 is 24.0 Å². The molecule has 0 saturated heterocycles. The highest BCUT2D eigenvalue weighted by Gasteiger charge is 2.29. The van der Waals surface area contributed by atoms with Crippen molar-refractivity contribution >= 4 is 11.8 Å². The predicted octanol–water partition coefficient (Wildman–Crippen LogP) is -0.459. The molecule has 106 valence electrons. The van der Waals surface area contributed by atoms with Crippen LogP contribution in [0.4, 0.5) is 0 Å². The van der Waals surface area contributed by atoms with E-state index in [2.05, 4.69) is 10.6 Å². The van der Waals surface area contributed by atoms with Gasteiger partial charge in [-0.2, -0.15) is 0 Å². The van der Waals surface area contributed by atoms with Crippen molar-refractivity contribution in [2.75, 3.05) is 13.1 Å². The quantitative estimate of drug-likeness (QED) is 0.422. The lowest BCUT2D eigenvalue weighted by molar-refractivity contribution is -0.146. The molecule has 0 aliphatic heterocycles. The molecule has 18 heavy (non-hydrogen) atoms. The Morgan fingerprint density at radius 3 is 1.50 bits per heavy atom. The molecule has 2 unspecified atom stereocenters. The Bertz CT molecular complexity index is 232. The van der Waals surface area contributed by atoms with Gasteiger partial charge < -0.3 is 20.8 Å². The summed E-state index contributed by atoms with van der Waals surface area (Å²) >= 11 is 0. The molecule has 0 aromatic rings. The Kier molecular flexibility index (Phi) is 9.22. The average molecular weight is 260 g/mol. The summed E-state index contributed by atoms with van der Waals surface area (Å²) in [7, 11) is 0. The molecule has 2 amide bonds. The van der Waals surface area contributed by atoms with Gasteiger partial charge in [0.2, 0.25) is 0 Å². The number of hydrogen-bond donors (Lipinski definition) is 4. The minimum absolute atomic E-state index is 0.427. The number of aliphatic hydroxyl groups excluding tert-OH is 2. The van der Waals surface area contributed by atoms with Crippen molar-refractivity contribution in [3.8, 4) is 0 Å². The van der Waals surface area contributed by atoms with E-state index in [9.17, 15) is 19.8 Å². The third-order valence-electron chi connectivity index (χ3n) is 2.50. The summed E-state index contributed by atoms with van der Waals surface area (Å²) < 4.78 is 0. The number of nitrogens with one attached hydrogen (secondary N) is 2. The Morgan fingerprint density at radius 1 is 0.889 bits per heavy atom. The monoisotopic (exact) mass is 260 g/mol. The van der Waals surface area contributed by atoms with Gasteiger partial charge in [0.05, 0.1) is 0 Å². The molecule has 0 bridgehead atoms. The van der Waals surface area contributed by atoms with Crippen LogP contribution >= 0.6 is 0 Å². The SMILES string of the molecule is CCCCNC(=O)C(O)C(O)C(=O)NCCCC. The van der Waals surface area contributed by atoms with Crippen LogP contribution in [-0.2, 0) is 9.59 Å². The zero-order chi connectivity index (χ0) is 14.0. The number of carbonyl (C=O) groups is 2. The molecule has 0 aromatic carbocycles. The van der Waals surface area contributed by atoms with Gasteiger partial charge in [0.1, 0.15) is 0 Å². The van der Waals surface area contributed by atoms with Gasteiger partial charge in [-0.15, -0.1) is 0 Å². The minimum Gasteiger partial charge on any atom is -0.380 e. The molecule has 0 aliphatic carbocycles. The third-order valence-corrected chi connectivity index (χ3v) is 2.50. The van der Waals surface area contributed by atoms with Crippen LogP contribution in [0.15, 0.2) is 0 Å². The van der Waals surface area contributed by atoms with Crippen molar-refractivity contribution < 1.29 is 19.8 Å². The maximum absolute atomic E-state index is 11.4. The van der Waals surface area contributed by atoms with Crippen molar-refractivity contribution in [3.63, 3.8) is 0 Å². The van der Waals surface area contributed by atoms with Gasteiger partial charge in [0.15, 0.2) is 12.2 Å². The number of unbranched alkanes of at least 4 members (excludes halogenated alkanes) is 2. The summed E-state index contributed by atoms with van der Waals surface area (Å²) in [5, 5.41) is 23.9. The molecular formula is C12H24N2O4. The summed E-state index contributed by atoms with van der Waals surface area (Å²) in [6.07, 6.45) is -0.0339. The second-order valence-corrected chi connectivity index (χ2v) is 4.18. The van der Waals surface area contributed by atoms with Crippen LogP contribution in [0.5, 0.6) is 0 Å². The maximum Gasteiger partial charge on any atom is 0.252 e. The largest absolute Gasteiger partial charge is 0.380 e. The molecule has 2 atom stereocenters. The van der Waals surface area contributed by atoms with Gasteiger partial charge in [0, 0.05) is 13.1 Å². The zero-order valence-electron chi connectivity index (χ0n) is 11.1. The molecule has 0 aliphatic rings. The maximum atomic E-state index is 11.4. The number of carbonyl (C=O) groups excluding carboxylic acids is 2. The van der Waals surface area contributed by atoms with Gasteiger partial charge in [0.25, 0.3) is 11.8 Å². The van der Waals surface area contributed by atoms with E-state index in [-0.39, 0.29) is 0 Å². The Hall–Kier alpha value is -1.14. The Balaban J connectivity index is 4.02. The highest BCUT2D eigenvalue weighted by atomic mass is 16.3. The first-order chi connectivity index (χ1) is 8.54. The van der Waals surface area contributed by atoms with Crippen LogP contribution in [0.3, 0.4) is 0 Å². The lowest BCUT2D eigenvalue weighted by Gasteiger charge is -2.17. The number of hydrogen-bond acceptors (Lipinski definition) is 4. The third kappa shape index (κ3) is 6.56. The predicted molar refractivity (Wildman–Crippen MR) is 67.8 cm³/mol. The second-order valence-electron chi connectivity index (χ2n) is 4.18. The van der Waals surface area contributed by atoms with Crippen LogP contribution in [0.2, 0.25) is 0 Å². The van der Waals surface area contributed by atoms with E-state index in [4.69, 9.17) is 0 Å². The molecular weight excluding hydrogens is 236 g/mol. The number of amides is 2. The molecule has 0 radical (unpaired) electrons. The standard InChI is InChI=1S/C12H24N2O4/c1-3-5-7-13-11(17)9(15)10(16)12(18)14-8-6-4-2/h9-10,15-16H,3-8H2,1-2H3,(H,13,17)(H,14,18). The van der Waals surface area contributed by atoms with Gasteiger partial charge in [-0.1, -0.05) is 26.7 Å². The van der Waals surface area contributed by atoms with Crippen LogP contribution in [-0.4, -0.2) is 47.3 Å². The molecule has 0 aromatic heterocycles. The van der Waals surface area contributed by atoms with Crippen molar-refractivity contribution in [2.24, 2.45) is 0 Å². The molecule has 0 rings (SSSR count). The summed E-state index contributed by atoms with van der Waals surface area (Å²) in [4.78, 5) is 22.8. The van der Waals surface area contributed by atoms with Crippen LogP contribution in [0, 0.1) is 0 Å². The number of aliphatic hydroxyl groups is 2. The van der Waals surface area contributed by atoms with Crippen LogP contribution < -0.4 is 10.6 Å². The van der Waals surface area contributed by atoms with Gasteiger partial charge in [-0.05, 0) is 12.8 Å². The topological polar surface area (TPSA) is 98.7 Å². The van der Waals surface area contributed by atoms with E-state index in [0.717, 1.165) is 25.7 Å². The summed E-state index contributed by atoms with van der Waals surface area (Å²) in [6, 6.07) is 0. The van der Waals surface area contributed by atoms with Crippen LogP contribution in [0.25, 0.3) is 0 Å². The van der Waals surface area contributed by atoms with Crippen molar-refractivity contribution in [1.29, 1.82) is 0 Å². The Morgan fingerprint density at radius 2 is 1.22 bits per heavy atom. The summed E-state index contributed by atoms with van der Waals surface area (Å²) in [5.41, 5.74) is 0. The van der Waals surface area contributed by atoms with Gasteiger partial charge in [-0.25, -0.2) is 0 Å². The highest BCUT2D eigenvalue weighted by Crippen LogP contribution is 1.96. The molecule has 0 fully saturated rings. The summed E-state index contributed by atoms with van der Waals surface area (Å²) in [5.74, 6) is -1.44. The first-order valence-corrected chi connectivity index (χ1v) is 6.46. The lowest BCUT2D eigenvalue weighted by atomic mass is 10.1. The molecule has 6 nitrogen and oxygen atoms in total. The smallest absolute Gasteiger partial charge is 0.252 e. The highest BCUT2D eigenvalue weighted by molar-refractivity contribution is 5.90. The van der Waals surface area contributed by atoms with E-state index in [1.54, 1.807) is 0 Å². The van der Waals surface area contributed by atoms with Gasteiger partial charge in [-0.3, -0.25) is 9.59 Å². The molecule has 6 heteroatoms. The molecule has 0 saturated carbocycles. The lowest BCUT2D eigenvalue weighted by Crippen LogP contribution is -2.49. The average Bonchev–Trinajstić information content (AvgIpc) is 2.37. The minimum atomic E-state index is -1.72. The zero-order valence-corrected chi connectivity index (χ0v) is 11.1. The number of rotatable bonds is 9. The van der Waals surface area contributed by atoms with E-state index in [1.807, 2.05) is 13.8 Å². The van der Waals surface area contributed by atoms with Crippen LogP contribution in [0.1, 0.15) is 39.5 Å². The molecule has 0 heterocycles. The fourth-order valence-electron chi connectivity index (χ4n) is 1.27. The fourth-order valence-corrected chi connectivity index (χ4v) is 1.27. The Labute approximate surface area is 108 Å². The van der Waals surface area contributed by atoms with E-state index in [0.29, 0.717) is 13.1 Å². The second kappa shape index (κ2) is 9.85. The van der Waals surface area contributed by atoms with Gasteiger partial charge >= 0.3 is 0 Å². The first kappa shape index (κ1) is 16.9. The fraction of sp³-hybridized carbons (Fsp3) is 0.833. The molecule has 4 N–H and O–H groups in total. The first-order valence-electron chi connectivity index (χ1n) is 6.46. The summed E-state index contributed by atoms with van der Waals surface area (Å²) in [6.45, 7) is 4.80. The van der Waals surface area contributed by atoms with Crippen molar-refractivity contribution in [2.45, 2.75) is 51.7 Å². The van der Waals surface area contributed by atoms with Crippen molar-refractivity contribution in [3.05, 3.63) is 0 Å². The van der Waals surface area contributed by atoms with E-state index >= 15 is 0 Å². The normalized spacial score (nSPS) is 13.8.